The summed E-state index contributed by atoms with van der Waals surface area (Å²) in [6.07, 6.45) is 7.45. The molecule has 7 heteroatoms. The number of aromatic nitrogens is 4. The summed E-state index contributed by atoms with van der Waals surface area (Å²) in [6.45, 7) is 16.7. The van der Waals surface area contributed by atoms with E-state index < -0.39 is 0 Å². The van der Waals surface area contributed by atoms with E-state index in [1.165, 1.54) is 0 Å². The van der Waals surface area contributed by atoms with Crippen LogP contribution in [0.1, 0.15) is 48.0 Å². The number of aliphatic imine (C=N–C) groups is 1. The predicted octanol–water partition coefficient (Wildman–Crippen LogP) is 5.55. The van der Waals surface area contributed by atoms with E-state index in [0.29, 0.717) is 24.5 Å². The first-order chi connectivity index (χ1) is 16.0. The van der Waals surface area contributed by atoms with Gasteiger partial charge >= 0.3 is 5.69 Å². The van der Waals surface area contributed by atoms with Crippen molar-refractivity contribution in [1.82, 2.24) is 19.1 Å². The third-order valence-electron chi connectivity index (χ3n) is 5.18. The van der Waals surface area contributed by atoms with Crippen LogP contribution in [0, 0.1) is 5.41 Å². The van der Waals surface area contributed by atoms with Crippen molar-refractivity contribution in [3.63, 3.8) is 0 Å². The van der Waals surface area contributed by atoms with Gasteiger partial charge in [0, 0.05) is 37.0 Å². The summed E-state index contributed by atoms with van der Waals surface area (Å²) in [5, 5.41) is 0. The molecule has 180 valence electrons. The molecule has 34 heavy (non-hydrogen) atoms. The minimum Gasteiger partial charge on any atom is -0.469 e. The van der Waals surface area contributed by atoms with E-state index in [2.05, 4.69) is 42.3 Å². The quantitative estimate of drug-likeness (QED) is 0.326. The molecule has 0 fully saturated rings. The lowest BCUT2D eigenvalue weighted by atomic mass is 9.97. The average molecular weight is 462 g/mol. The van der Waals surface area contributed by atoms with Gasteiger partial charge in [-0.2, -0.15) is 0 Å². The Bertz CT molecular complexity index is 1300. The van der Waals surface area contributed by atoms with Crippen molar-refractivity contribution < 1.29 is 4.74 Å². The average Bonchev–Trinajstić information content (AvgIpc) is 2.96. The number of hydrogen-bond donors (Lipinski definition) is 0. The van der Waals surface area contributed by atoms with E-state index in [1.54, 1.807) is 24.0 Å². The highest BCUT2D eigenvalue weighted by molar-refractivity contribution is 5.82. The lowest BCUT2D eigenvalue weighted by Gasteiger charge is -2.18. The van der Waals surface area contributed by atoms with Gasteiger partial charge in [0.1, 0.15) is 6.10 Å². The molecule has 0 aliphatic rings. The highest BCUT2D eigenvalue weighted by atomic mass is 16.5. The van der Waals surface area contributed by atoms with Gasteiger partial charge in [-0.15, -0.1) is 6.58 Å². The van der Waals surface area contributed by atoms with E-state index in [0.717, 1.165) is 28.0 Å². The maximum atomic E-state index is 12.9. The molecule has 2 heterocycles. The van der Waals surface area contributed by atoms with Crippen molar-refractivity contribution >= 4 is 16.7 Å². The number of hydrogen-bond acceptors (Lipinski definition) is 5. The Morgan fingerprint density at radius 2 is 1.94 bits per heavy atom. The Labute approximate surface area is 201 Å². The van der Waals surface area contributed by atoms with Gasteiger partial charge < -0.3 is 4.74 Å². The van der Waals surface area contributed by atoms with Crippen molar-refractivity contribution in [1.29, 1.82) is 0 Å². The fourth-order valence-corrected chi connectivity index (χ4v) is 3.87. The van der Waals surface area contributed by atoms with E-state index in [1.807, 2.05) is 55.7 Å². The van der Waals surface area contributed by atoms with E-state index in [-0.39, 0.29) is 17.2 Å². The van der Waals surface area contributed by atoms with E-state index in [4.69, 9.17) is 4.74 Å². The number of aryl methyl sites for hydroxylation is 1. The zero-order chi connectivity index (χ0) is 25.0. The van der Waals surface area contributed by atoms with Gasteiger partial charge in [0.15, 0.2) is 0 Å². The largest absolute Gasteiger partial charge is 0.469 e. The standard InChI is InChI=1S/C27H35N5O2/c1-9-10-21(13-19(4)29-18(2)3)34-25-16-28-15-22(30-25)20-11-12-23-24(14-20)31(8)26(33)32(23)17-27(5,6)7/h9,11-16,21H,1,10,17H2,2-8H3. The number of fused-ring (bicyclic) bond motifs is 1. The van der Waals surface area contributed by atoms with Crippen LogP contribution in [0.25, 0.3) is 22.3 Å². The van der Waals surface area contributed by atoms with Crippen molar-refractivity contribution in [3.05, 3.63) is 65.5 Å². The summed E-state index contributed by atoms with van der Waals surface area (Å²) in [5.41, 5.74) is 5.13. The van der Waals surface area contributed by atoms with Crippen LogP contribution in [-0.4, -0.2) is 30.9 Å². The van der Waals surface area contributed by atoms with Gasteiger partial charge in [-0.3, -0.25) is 19.1 Å². The fraction of sp³-hybridized carbons (Fsp3) is 0.407. The summed E-state index contributed by atoms with van der Waals surface area (Å²) in [7, 11) is 1.80. The second-order valence-corrected chi connectivity index (χ2v) is 9.98. The molecule has 0 radical (unpaired) electrons. The number of ether oxygens (including phenoxy) is 1. The highest BCUT2D eigenvalue weighted by Gasteiger charge is 2.18. The van der Waals surface area contributed by atoms with Gasteiger partial charge in [0.25, 0.3) is 0 Å². The number of nitrogens with zero attached hydrogens (tertiary/aromatic N) is 5. The maximum absolute atomic E-state index is 12.9. The summed E-state index contributed by atoms with van der Waals surface area (Å²) in [6, 6.07) is 5.93. The van der Waals surface area contributed by atoms with Gasteiger partial charge in [-0.1, -0.05) is 32.9 Å². The number of imidazole rings is 1. The molecule has 0 spiro atoms. The zero-order valence-electron chi connectivity index (χ0n) is 21.3. The first-order valence-corrected chi connectivity index (χ1v) is 11.5. The molecule has 1 unspecified atom stereocenters. The summed E-state index contributed by atoms with van der Waals surface area (Å²) in [5.74, 6) is 0.421. The van der Waals surface area contributed by atoms with E-state index in [9.17, 15) is 4.79 Å². The van der Waals surface area contributed by atoms with Crippen LogP contribution in [0.4, 0.5) is 0 Å². The first-order valence-electron chi connectivity index (χ1n) is 11.5. The van der Waals surface area contributed by atoms with Crippen LogP contribution in [0.15, 0.2) is 64.8 Å². The number of benzene rings is 1. The summed E-state index contributed by atoms with van der Waals surface area (Å²) in [4.78, 5) is 26.4. The second kappa shape index (κ2) is 10.2. The third kappa shape index (κ3) is 6.10. The molecule has 7 nitrogen and oxygen atoms in total. The SMILES string of the molecule is C=CCC(C=C(C)N=C(C)C)Oc1cncc(-c2ccc3c(c2)n(C)c(=O)n3CC(C)(C)C)n1. The Kier molecular flexibility index (Phi) is 7.54. The molecular formula is C27H35N5O2. The Hall–Kier alpha value is -3.48. The molecule has 0 saturated heterocycles. The van der Waals surface area contributed by atoms with Gasteiger partial charge in [-0.25, -0.2) is 9.78 Å². The Morgan fingerprint density at radius 3 is 2.59 bits per heavy atom. The van der Waals surface area contributed by atoms with Crippen LogP contribution < -0.4 is 10.4 Å². The van der Waals surface area contributed by atoms with Crippen LogP contribution in [-0.2, 0) is 13.6 Å². The molecule has 1 aromatic carbocycles. The van der Waals surface area contributed by atoms with Gasteiger partial charge in [0.05, 0.1) is 29.1 Å². The topological polar surface area (TPSA) is 74.3 Å². The van der Waals surface area contributed by atoms with Crippen LogP contribution in [0.2, 0.25) is 0 Å². The number of allylic oxidation sites excluding steroid dienone is 1. The first kappa shape index (κ1) is 25.1. The van der Waals surface area contributed by atoms with Crippen molar-refractivity contribution in [3.8, 4) is 17.1 Å². The molecule has 0 aliphatic heterocycles. The fourth-order valence-electron chi connectivity index (χ4n) is 3.87. The molecule has 3 aromatic rings. The summed E-state index contributed by atoms with van der Waals surface area (Å²) < 4.78 is 9.62. The molecule has 3 rings (SSSR count). The van der Waals surface area contributed by atoms with E-state index >= 15 is 0 Å². The molecule has 0 aliphatic carbocycles. The predicted molar refractivity (Wildman–Crippen MR) is 139 cm³/mol. The highest BCUT2D eigenvalue weighted by Crippen LogP contribution is 2.26. The van der Waals surface area contributed by atoms with Crippen LogP contribution in [0.3, 0.4) is 0 Å². The monoisotopic (exact) mass is 461 g/mol. The van der Waals surface area contributed by atoms with Crippen LogP contribution in [0.5, 0.6) is 5.88 Å². The Morgan fingerprint density at radius 1 is 1.21 bits per heavy atom. The Balaban J connectivity index is 1.95. The molecule has 0 bridgehead atoms. The normalized spacial score (nSPS) is 13.1. The molecule has 0 N–H and O–H groups in total. The summed E-state index contributed by atoms with van der Waals surface area (Å²) >= 11 is 0. The zero-order valence-corrected chi connectivity index (χ0v) is 21.3. The minimum absolute atomic E-state index is 0.0101. The van der Waals surface area contributed by atoms with Crippen molar-refractivity contribution in [2.75, 3.05) is 0 Å². The smallest absolute Gasteiger partial charge is 0.328 e. The van der Waals surface area contributed by atoms with Crippen molar-refractivity contribution in [2.24, 2.45) is 17.5 Å². The molecular weight excluding hydrogens is 426 g/mol. The third-order valence-corrected chi connectivity index (χ3v) is 5.18. The van der Waals surface area contributed by atoms with Crippen molar-refractivity contribution in [2.45, 2.75) is 60.6 Å². The molecule has 1 atom stereocenters. The van der Waals surface area contributed by atoms with Gasteiger partial charge in [-0.05, 0) is 44.4 Å². The lowest BCUT2D eigenvalue weighted by Crippen LogP contribution is -2.27. The molecule has 0 amide bonds. The van der Waals surface area contributed by atoms with Crippen LogP contribution >= 0.6 is 0 Å². The number of rotatable bonds is 8. The lowest BCUT2D eigenvalue weighted by molar-refractivity contribution is 0.241. The van der Waals surface area contributed by atoms with Gasteiger partial charge in [0.2, 0.25) is 5.88 Å². The molecule has 2 aromatic heterocycles. The molecule has 0 saturated carbocycles. The minimum atomic E-state index is -0.250. The second-order valence-electron chi connectivity index (χ2n) is 9.98. The maximum Gasteiger partial charge on any atom is 0.328 e.